The van der Waals surface area contributed by atoms with Gasteiger partial charge in [0, 0.05) is 38.3 Å². The Hall–Kier alpha value is -2.36. The number of aromatic nitrogens is 3. The summed E-state index contributed by atoms with van der Waals surface area (Å²) in [6.45, 7) is 2.30. The molecule has 0 unspecified atom stereocenters. The Bertz CT molecular complexity index is 969. The number of fused-ring (bicyclic) bond motifs is 1. The molecule has 2 aromatic heterocycles. The number of hydrogen-bond acceptors (Lipinski definition) is 4. The van der Waals surface area contributed by atoms with E-state index in [0.29, 0.717) is 6.54 Å². The van der Waals surface area contributed by atoms with Crippen LogP contribution in [0.15, 0.2) is 53.7 Å². The van der Waals surface area contributed by atoms with Crippen LogP contribution in [0.1, 0.15) is 30.7 Å². The van der Waals surface area contributed by atoms with E-state index in [1.807, 2.05) is 47.0 Å². The normalized spacial score (nSPS) is 13.7. The Kier molecular flexibility index (Phi) is 8.30. The molecular weight excluding hydrogens is 491 g/mol. The minimum Gasteiger partial charge on any atom is -0.493 e. The van der Waals surface area contributed by atoms with Crippen LogP contribution < -0.4 is 15.4 Å². The van der Waals surface area contributed by atoms with Crippen LogP contribution in [0, 0.1) is 5.92 Å². The highest BCUT2D eigenvalue weighted by atomic mass is 127. The zero-order valence-corrected chi connectivity index (χ0v) is 19.6. The minimum atomic E-state index is 0. The molecule has 0 aliphatic heterocycles. The molecule has 0 spiro atoms. The van der Waals surface area contributed by atoms with Crippen LogP contribution in [-0.4, -0.2) is 40.8 Å². The highest BCUT2D eigenvalue weighted by molar-refractivity contribution is 14.0. The van der Waals surface area contributed by atoms with Crippen molar-refractivity contribution < 1.29 is 4.74 Å². The van der Waals surface area contributed by atoms with Crippen LogP contribution in [0.5, 0.6) is 5.75 Å². The Morgan fingerprint density at radius 2 is 1.97 bits per heavy atom. The molecule has 0 amide bonds. The van der Waals surface area contributed by atoms with Crippen LogP contribution in [-0.2, 0) is 13.0 Å². The van der Waals surface area contributed by atoms with Crippen LogP contribution in [0.4, 0.5) is 0 Å². The molecule has 7 nitrogen and oxygen atoms in total. The molecule has 0 atom stereocenters. The fraction of sp³-hybridized carbons (Fsp3) is 0.409. The average Bonchev–Trinajstić information content (AvgIpc) is 3.51. The minimum absolute atomic E-state index is 0. The second-order valence-corrected chi connectivity index (χ2v) is 7.36. The lowest BCUT2D eigenvalue weighted by atomic mass is 10.2. The molecule has 4 rings (SSSR count). The number of hydrogen-bond donors (Lipinski definition) is 2. The van der Waals surface area contributed by atoms with Gasteiger partial charge in [-0.3, -0.25) is 9.39 Å². The van der Waals surface area contributed by atoms with E-state index in [1.54, 1.807) is 7.05 Å². The maximum atomic E-state index is 5.99. The summed E-state index contributed by atoms with van der Waals surface area (Å²) < 4.78 is 8.02. The van der Waals surface area contributed by atoms with Crippen molar-refractivity contribution in [2.24, 2.45) is 10.9 Å². The van der Waals surface area contributed by atoms with Crippen molar-refractivity contribution in [3.63, 3.8) is 0 Å². The molecule has 2 N–H and O–H groups in total. The third-order valence-electron chi connectivity index (χ3n) is 5.07. The zero-order chi connectivity index (χ0) is 19.9. The fourth-order valence-electron chi connectivity index (χ4n) is 3.20. The van der Waals surface area contributed by atoms with Gasteiger partial charge in [0.25, 0.3) is 0 Å². The SMILES string of the molecule is CN=C(NCCCc1nnc2ccccn12)NCc1ccccc1OCC1CC1.I. The summed E-state index contributed by atoms with van der Waals surface area (Å²) in [6, 6.07) is 14.1. The number of aryl methyl sites for hydroxylation is 1. The number of benzene rings is 1. The van der Waals surface area contributed by atoms with Gasteiger partial charge < -0.3 is 15.4 Å². The molecule has 30 heavy (non-hydrogen) atoms. The van der Waals surface area contributed by atoms with E-state index in [-0.39, 0.29) is 24.0 Å². The molecule has 2 heterocycles. The standard InChI is InChI=1S/C22H28N6O.HI/c1-23-22(24-13-6-10-21-27-26-20-9-4-5-14-28(20)21)25-15-18-7-2-3-8-19(18)29-16-17-11-12-17;/h2-5,7-9,14,17H,6,10-13,15-16H2,1H3,(H2,23,24,25);1H. The van der Waals surface area contributed by atoms with Crippen molar-refractivity contribution in [1.82, 2.24) is 25.2 Å². The van der Waals surface area contributed by atoms with E-state index >= 15 is 0 Å². The van der Waals surface area contributed by atoms with Gasteiger partial charge in [-0.25, -0.2) is 0 Å². The number of pyridine rings is 1. The number of nitrogens with one attached hydrogen (secondary N) is 2. The molecule has 160 valence electrons. The maximum absolute atomic E-state index is 5.99. The Labute approximate surface area is 194 Å². The van der Waals surface area contributed by atoms with Gasteiger partial charge in [0.05, 0.1) is 6.61 Å². The number of ether oxygens (including phenoxy) is 1. The number of halogens is 1. The lowest BCUT2D eigenvalue weighted by molar-refractivity contribution is 0.296. The van der Waals surface area contributed by atoms with E-state index in [0.717, 1.165) is 60.7 Å². The topological polar surface area (TPSA) is 75.8 Å². The van der Waals surface area contributed by atoms with Crippen molar-refractivity contribution in [3.05, 3.63) is 60.0 Å². The third-order valence-corrected chi connectivity index (χ3v) is 5.07. The van der Waals surface area contributed by atoms with E-state index < -0.39 is 0 Å². The highest BCUT2D eigenvalue weighted by Crippen LogP contribution is 2.30. The summed E-state index contributed by atoms with van der Waals surface area (Å²) >= 11 is 0. The Morgan fingerprint density at radius 3 is 2.80 bits per heavy atom. The van der Waals surface area contributed by atoms with Gasteiger partial charge in [-0.05, 0) is 43.4 Å². The molecule has 0 radical (unpaired) electrons. The second-order valence-electron chi connectivity index (χ2n) is 7.36. The van der Waals surface area contributed by atoms with E-state index in [2.05, 4.69) is 31.9 Å². The molecule has 1 saturated carbocycles. The molecule has 1 fully saturated rings. The van der Waals surface area contributed by atoms with Gasteiger partial charge in [-0.1, -0.05) is 24.3 Å². The van der Waals surface area contributed by atoms with E-state index in [4.69, 9.17) is 4.74 Å². The Morgan fingerprint density at radius 1 is 1.13 bits per heavy atom. The summed E-state index contributed by atoms with van der Waals surface area (Å²) in [6.07, 6.45) is 6.38. The molecule has 8 heteroatoms. The monoisotopic (exact) mass is 520 g/mol. The molecule has 3 aromatic rings. The molecule has 1 aliphatic carbocycles. The molecule has 0 bridgehead atoms. The van der Waals surface area contributed by atoms with Gasteiger partial charge in [0.15, 0.2) is 11.6 Å². The average molecular weight is 520 g/mol. The van der Waals surface area contributed by atoms with Gasteiger partial charge >= 0.3 is 0 Å². The van der Waals surface area contributed by atoms with Crippen molar-refractivity contribution in [3.8, 4) is 5.75 Å². The summed E-state index contributed by atoms with van der Waals surface area (Å²) in [5.41, 5.74) is 2.03. The first-order valence-electron chi connectivity index (χ1n) is 10.3. The summed E-state index contributed by atoms with van der Waals surface area (Å²) in [4.78, 5) is 4.32. The first kappa shape index (κ1) is 22.3. The first-order chi connectivity index (χ1) is 14.3. The smallest absolute Gasteiger partial charge is 0.191 e. The summed E-state index contributed by atoms with van der Waals surface area (Å²) in [5.74, 6) is 3.47. The number of para-hydroxylation sites is 1. The van der Waals surface area contributed by atoms with Gasteiger partial charge in [0.2, 0.25) is 0 Å². The summed E-state index contributed by atoms with van der Waals surface area (Å²) in [7, 11) is 1.79. The highest BCUT2D eigenvalue weighted by Gasteiger charge is 2.22. The van der Waals surface area contributed by atoms with Gasteiger partial charge in [-0.2, -0.15) is 0 Å². The van der Waals surface area contributed by atoms with Crippen molar-refractivity contribution in [1.29, 1.82) is 0 Å². The lowest BCUT2D eigenvalue weighted by Crippen LogP contribution is -2.37. The fourth-order valence-corrected chi connectivity index (χ4v) is 3.20. The molecule has 0 saturated heterocycles. The molecule has 1 aliphatic rings. The lowest BCUT2D eigenvalue weighted by Gasteiger charge is -2.14. The number of nitrogens with zero attached hydrogens (tertiary/aromatic N) is 4. The predicted octanol–water partition coefficient (Wildman–Crippen LogP) is 3.43. The van der Waals surface area contributed by atoms with Crippen molar-refractivity contribution in [2.45, 2.75) is 32.2 Å². The number of rotatable bonds is 9. The van der Waals surface area contributed by atoms with Crippen molar-refractivity contribution in [2.75, 3.05) is 20.2 Å². The van der Waals surface area contributed by atoms with Gasteiger partial charge in [0.1, 0.15) is 11.6 Å². The quantitative estimate of drug-likeness (QED) is 0.196. The Balaban J connectivity index is 0.00000256. The summed E-state index contributed by atoms with van der Waals surface area (Å²) in [5, 5.41) is 15.2. The third kappa shape index (κ3) is 6.07. The van der Waals surface area contributed by atoms with Crippen LogP contribution >= 0.6 is 24.0 Å². The van der Waals surface area contributed by atoms with E-state index in [1.165, 1.54) is 12.8 Å². The number of aliphatic imine (C=N–C) groups is 1. The second kappa shape index (κ2) is 11.1. The first-order valence-corrected chi connectivity index (χ1v) is 10.3. The van der Waals surface area contributed by atoms with Crippen molar-refractivity contribution >= 4 is 35.6 Å². The van der Waals surface area contributed by atoms with Crippen LogP contribution in [0.2, 0.25) is 0 Å². The number of guanidine groups is 1. The van der Waals surface area contributed by atoms with E-state index in [9.17, 15) is 0 Å². The van der Waals surface area contributed by atoms with Gasteiger partial charge in [-0.15, -0.1) is 34.2 Å². The maximum Gasteiger partial charge on any atom is 0.191 e. The van der Waals surface area contributed by atoms with Crippen LogP contribution in [0.25, 0.3) is 5.65 Å². The molecular formula is C22H29IN6O. The molecule has 1 aromatic carbocycles. The largest absolute Gasteiger partial charge is 0.493 e. The predicted molar refractivity (Wildman–Crippen MR) is 130 cm³/mol. The van der Waals surface area contributed by atoms with Crippen LogP contribution in [0.3, 0.4) is 0 Å². The zero-order valence-electron chi connectivity index (χ0n) is 17.3.